The van der Waals surface area contributed by atoms with Crippen molar-refractivity contribution in [1.82, 2.24) is 4.90 Å². The molecule has 1 fully saturated rings. The fourth-order valence-electron chi connectivity index (χ4n) is 5.15. The Morgan fingerprint density at radius 1 is 1.06 bits per heavy atom. The summed E-state index contributed by atoms with van der Waals surface area (Å²) >= 11 is 0. The van der Waals surface area contributed by atoms with Crippen molar-refractivity contribution in [3.05, 3.63) is 40.5 Å². The standard InChI is InChI=1S/C30H49NO3Si/c1-21(2)27-26-13-11-12-23(25(26)18-19-31(27)28(32)33-29(3,4)5)20-22-14-16-24(17-15-22)34-35(9,10)30(6,7)8/h11-13,20-21,24,27H,14-19H2,1-10H3. The van der Waals surface area contributed by atoms with E-state index in [9.17, 15) is 4.79 Å². The van der Waals surface area contributed by atoms with Crippen LogP contribution in [-0.4, -0.2) is 37.6 Å². The number of amides is 1. The van der Waals surface area contributed by atoms with Gasteiger partial charge in [-0.15, -0.1) is 0 Å². The quantitative estimate of drug-likeness (QED) is 0.390. The van der Waals surface area contributed by atoms with Crippen LogP contribution in [0.2, 0.25) is 18.1 Å². The largest absolute Gasteiger partial charge is 0.444 e. The normalized spacial score (nSPS) is 21.7. The van der Waals surface area contributed by atoms with E-state index in [0.717, 1.165) is 32.1 Å². The zero-order chi connectivity index (χ0) is 26.2. The molecule has 2 aliphatic rings. The molecule has 0 spiro atoms. The van der Waals surface area contributed by atoms with Gasteiger partial charge in [0.2, 0.25) is 0 Å². The van der Waals surface area contributed by atoms with Gasteiger partial charge in [0.25, 0.3) is 0 Å². The lowest BCUT2D eigenvalue weighted by atomic mass is 9.83. The molecule has 1 aliphatic carbocycles. The average molecular weight is 500 g/mol. The van der Waals surface area contributed by atoms with E-state index in [1.165, 1.54) is 22.3 Å². The zero-order valence-corrected chi connectivity index (χ0v) is 25.0. The molecule has 0 aromatic heterocycles. The lowest BCUT2D eigenvalue weighted by molar-refractivity contribution is 0.00876. The highest BCUT2D eigenvalue weighted by atomic mass is 28.4. The molecule has 1 heterocycles. The second-order valence-corrected chi connectivity index (χ2v) is 18.2. The summed E-state index contributed by atoms with van der Waals surface area (Å²) < 4.78 is 12.5. The molecular weight excluding hydrogens is 450 g/mol. The highest BCUT2D eigenvalue weighted by Gasteiger charge is 2.40. The van der Waals surface area contributed by atoms with E-state index >= 15 is 0 Å². The molecule has 0 bridgehead atoms. The lowest BCUT2D eigenvalue weighted by Gasteiger charge is -2.41. The monoisotopic (exact) mass is 499 g/mol. The van der Waals surface area contributed by atoms with Gasteiger partial charge >= 0.3 is 6.09 Å². The summed E-state index contributed by atoms with van der Waals surface area (Å²) in [5.74, 6) is 0.312. The molecular formula is C30H49NO3Si. The van der Waals surface area contributed by atoms with Gasteiger partial charge < -0.3 is 14.1 Å². The topological polar surface area (TPSA) is 38.8 Å². The molecule has 1 aromatic rings. The first kappa shape index (κ1) is 28.0. The van der Waals surface area contributed by atoms with Crippen LogP contribution in [0.5, 0.6) is 0 Å². The van der Waals surface area contributed by atoms with Gasteiger partial charge in [-0.3, -0.25) is 0 Å². The Morgan fingerprint density at radius 3 is 2.23 bits per heavy atom. The number of benzene rings is 1. The summed E-state index contributed by atoms with van der Waals surface area (Å²) in [7, 11) is -1.72. The molecule has 1 aromatic carbocycles. The minimum absolute atomic E-state index is 0.0423. The third-order valence-corrected chi connectivity index (χ3v) is 12.5. The predicted octanol–water partition coefficient (Wildman–Crippen LogP) is 8.52. The van der Waals surface area contributed by atoms with Crippen molar-refractivity contribution in [3.63, 3.8) is 0 Å². The second-order valence-electron chi connectivity index (χ2n) is 13.4. The highest BCUT2D eigenvalue weighted by Crippen LogP contribution is 2.41. The van der Waals surface area contributed by atoms with Crippen molar-refractivity contribution in [3.8, 4) is 0 Å². The summed E-state index contributed by atoms with van der Waals surface area (Å²) in [6.45, 7) is 22.6. The SMILES string of the molecule is CC(C)C1c2cccc(C=C3CCC(O[Si](C)(C)C(C)(C)C)CC3)c2CCN1C(=O)OC(C)(C)C. The van der Waals surface area contributed by atoms with Gasteiger partial charge in [0, 0.05) is 12.6 Å². The van der Waals surface area contributed by atoms with E-state index in [2.05, 4.69) is 72.0 Å². The van der Waals surface area contributed by atoms with Crippen LogP contribution in [-0.2, 0) is 15.6 Å². The fourth-order valence-corrected chi connectivity index (χ4v) is 6.57. The van der Waals surface area contributed by atoms with E-state index < -0.39 is 13.9 Å². The highest BCUT2D eigenvalue weighted by molar-refractivity contribution is 6.74. The molecule has 5 heteroatoms. The Labute approximate surface area is 215 Å². The van der Waals surface area contributed by atoms with Crippen LogP contribution in [0.1, 0.15) is 104 Å². The summed E-state index contributed by atoms with van der Waals surface area (Å²) in [5.41, 5.74) is 5.05. The number of nitrogens with zero attached hydrogens (tertiary/aromatic N) is 1. The van der Waals surface area contributed by atoms with Crippen molar-refractivity contribution < 1.29 is 14.0 Å². The molecule has 1 unspecified atom stereocenters. The number of allylic oxidation sites excluding steroid dienone is 1. The van der Waals surface area contributed by atoms with Gasteiger partial charge in [0.1, 0.15) is 5.60 Å². The van der Waals surface area contributed by atoms with E-state index in [1.54, 1.807) is 0 Å². The molecule has 4 nitrogen and oxygen atoms in total. The Hall–Kier alpha value is -1.59. The van der Waals surface area contributed by atoms with E-state index in [-0.39, 0.29) is 17.2 Å². The van der Waals surface area contributed by atoms with Crippen molar-refractivity contribution in [2.75, 3.05) is 6.54 Å². The molecule has 0 radical (unpaired) electrons. The molecule has 1 saturated carbocycles. The molecule has 1 atom stereocenters. The van der Waals surface area contributed by atoms with Crippen LogP contribution in [0.25, 0.3) is 6.08 Å². The maximum Gasteiger partial charge on any atom is 0.410 e. The first-order valence-electron chi connectivity index (χ1n) is 13.6. The minimum atomic E-state index is -1.72. The van der Waals surface area contributed by atoms with Crippen LogP contribution < -0.4 is 0 Å². The van der Waals surface area contributed by atoms with Gasteiger partial charge in [0.15, 0.2) is 8.32 Å². The van der Waals surface area contributed by atoms with E-state index in [4.69, 9.17) is 9.16 Å². The number of hydrogen-bond acceptors (Lipinski definition) is 3. The van der Waals surface area contributed by atoms with Gasteiger partial charge in [-0.05, 0) is 93.6 Å². The summed E-state index contributed by atoms with van der Waals surface area (Å²) in [6.07, 6.45) is 7.96. The van der Waals surface area contributed by atoms with E-state index in [0.29, 0.717) is 18.6 Å². The van der Waals surface area contributed by atoms with E-state index in [1.807, 2.05) is 25.7 Å². The predicted molar refractivity (Wildman–Crippen MR) is 149 cm³/mol. The van der Waals surface area contributed by atoms with Gasteiger partial charge in [0.05, 0.1) is 6.04 Å². The number of rotatable bonds is 4. The number of fused-ring (bicyclic) bond motifs is 1. The van der Waals surface area contributed by atoms with Crippen LogP contribution >= 0.6 is 0 Å². The second kappa shape index (κ2) is 10.4. The molecule has 0 N–H and O–H groups in total. The molecule has 1 amide bonds. The summed E-state index contributed by atoms with van der Waals surface area (Å²) in [6, 6.07) is 6.67. The molecule has 0 saturated heterocycles. The van der Waals surface area contributed by atoms with Gasteiger partial charge in [-0.1, -0.05) is 64.5 Å². The number of carbonyl (C=O) groups excluding carboxylic acids is 1. The fraction of sp³-hybridized carbons (Fsp3) is 0.700. The molecule has 196 valence electrons. The number of carbonyl (C=O) groups is 1. The summed E-state index contributed by atoms with van der Waals surface area (Å²) in [4.78, 5) is 15.0. The van der Waals surface area contributed by atoms with Crippen LogP contribution in [0.15, 0.2) is 23.8 Å². The third kappa shape index (κ3) is 6.79. The average Bonchev–Trinajstić information content (AvgIpc) is 2.72. The van der Waals surface area contributed by atoms with Crippen LogP contribution in [0.4, 0.5) is 4.79 Å². The van der Waals surface area contributed by atoms with Crippen molar-refractivity contribution in [1.29, 1.82) is 0 Å². The summed E-state index contributed by atoms with van der Waals surface area (Å²) in [5, 5.41) is 0.256. The maximum atomic E-state index is 13.0. The van der Waals surface area contributed by atoms with Crippen LogP contribution in [0.3, 0.4) is 0 Å². The number of hydrogen-bond donors (Lipinski definition) is 0. The van der Waals surface area contributed by atoms with Crippen molar-refractivity contribution in [2.24, 2.45) is 5.92 Å². The lowest BCUT2D eigenvalue weighted by Crippen LogP contribution is -2.45. The first-order valence-corrected chi connectivity index (χ1v) is 16.5. The van der Waals surface area contributed by atoms with Crippen LogP contribution in [0, 0.1) is 5.92 Å². The molecule has 3 rings (SSSR count). The Bertz CT molecular complexity index is 926. The smallest absolute Gasteiger partial charge is 0.410 e. The maximum absolute atomic E-state index is 13.0. The first-order chi connectivity index (χ1) is 16.1. The Morgan fingerprint density at radius 2 is 1.69 bits per heavy atom. The van der Waals surface area contributed by atoms with Crippen molar-refractivity contribution in [2.45, 2.75) is 123 Å². The van der Waals surface area contributed by atoms with Crippen molar-refractivity contribution >= 4 is 20.5 Å². The zero-order valence-electron chi connectivity index (χ0n) is 24.0. The van der Waals surface area contributed by atoms with Gasteiger partial charge in [-0.2, -0.15) is 0 Å². The Balaban J connectivity index is 1.77. The van der Waals surface area contributed by atoms with Gasteiger partial charge in [-0.25, -0.2) is 4.79 Å². The molecule has 35 heavy (non-hydrogen) atoms. The minimum Gasteiger partial charge on any atom is -0.444 e. The number of ether oxygens (including phenoxy) is 1. The molecule has 1 aliphatic heterocycles. The third-order valence-electron chi connectivity index (χ3n) is 7.97. The Kier molecular flexibility index (Phi) is 8.33.